The molecule has 2 rings (SSSR count). The van der Waals surface area contributed by atoms with Crippen LogP contribution >= 0.6 is 0 Å². The minimum Gasteiger partial charge on any atom is -0.395 e. The lowest BCUT2D eigenvalue weighted by atomic mass is 10.2. The van der Waals surface area contributed by atoms with Gasteiger partial charge < -0.3 is 16.8 Å². The average molecular weight is 273 g/mol. The molecule has 20 heavy (non-hydrogen) atoms. The van der Waals surface area contributed by atoms with E-state index in [0.717, 1.165) is 0 Å². The second-order valence-corrected chi connectivity index (χ2v) is 4.37. The Balaban J connectivity index is 2.28. The molecule has 0 aliphatic rings. The molecule has 0 fully saturated rings. The number of aryl methyl sites for hydroxylation is 2. The first-order valence-electron chi connectivity index (χ1n) is 5.90. The van der Waals surface area contributed by atoms with Crippen molar-refractivity contribution in [1.29, 1.82) is 0 Å². The number of rotatable bonds is 3. The topological polar surface area (TPSA) is 116 Å². The van der Waals surface area contributed by atoms with Crippen LogP contribution in [-0.2, 0) is 7.05 Å². The van der Waals surface area contributed by atoms with Crippen molar-refractivity contribution in [2.75, 3.05) is 11.1 Å². The molecule has 0 aliphatic carbocycles. The lowest BCUT2D eigenvalue weighted by Crippen LogP contribution is -2.18. The number of nitrogens with zero attached hydrogens (tertiary/aromatic N) is 2. The molecule has 2 amide bonds. The van der Waals surface area contributed by atoms with Gasteiger partial charge in [0, 0.05) is 18.3 Å². The van der Waals surface area contributed by atoms with Crippen molar-refractivity contribution in [1.82, 2.24) is 9.78 Å². The fourth-order valence-corrected chi connectivity index (χ4v) is 1.88. The predicted molar refractivity (Wildman–Crippen MR) is 75.3 cm³/mol. The number of benzene rings is 1. The quantitative estimate of drug-likeness (QED) is 0.761. The fourth-order valence-electron chi connectivity index (χ4n) is 1.88. The highest BCUT2D eigenvalue weighted by molar-refractivity contribution is 6.07. The molecule has 0 saturated carbocycles. The predicted octanol–water partition coefficient (Wildman–Crippen LogP) is 0.662. The Morgan fingerprint density at radius 3 is 2.60 bits per heavy atom. The second kappa shape index (κ2) is 5.04. The molecule has 7 nitrogen and oxygen atoms in total. The van der Waals surface area contributed by atoms with Gasteiger partial charge in [0.25, 0.3) is 5.91 Å². The van der Waals surface area contributed by atoms with Crippen LogP contribution < -0.4 is 16.8 Å². The fraction of sp³-hybridized carbons (Fsp3) is 0.154. The van der Waals surface area contributed by atoms with Gasteiger partial charge in [0.2, 0.25) is 5.91 Å². The molecule has 0 aliphatic heterocycles. The van der Waals surface area contributed by atoms with Gasteiger partial charge in [0.15, 0.2) is 0 Å². The maximum atomic E-state index is 12.2. The summed E-state index contributed by atoms with van der Waals surface area (Å²) in [7, 11) is 1.64. The van der Waals surface area contributed by atoms with Crippen LogP contribution in [-0.4, -0.2) is 21.6 Å². The number of nitrogen functional groups attached to an aromatic ring is 1. The van der Waals surface area contributed by atoms with Gasteiger partial charge in [-0.15, -0.1) is 0 Å². The van der Waals surface area contributed by atoms with Gasteiger partial charge in [-0.3, -0.25) is 14.3 Å². The molecule has 0 unspecified atom stereocenters. The number of carbonyl (C=O) groups is 2. The zero-order valence-corrected chi connectivity index (χ0v) is 11.2. The average Bonchev–Trinajstić information content (AvgIpc) is 2.63. The van der Waals surface area contributed by atoms with Crippen molar-refractivity contribution in [3.63, 3.8) is 0 Å². The number of hydrogen-bond acceptors (Lipinski definition) is 4. The van der Waals surface area contributed by atoms with Crippen molar-refractivity contribution in [2.24, 2.45) is 12.8 Å². The first-order chi connectivity index (χ1) is 9.40. The Bertz CT molecular complexity index is 690. The third-order valence-corrected chi connectivity index (χ3v) is 2.89. The molecule has 0 saturated heterocycles. The zero-order chi connectivity index (χ0) is 14.9. The first-order valence-corrected chi connectivity index (χ1v) is 5.90. The van der Waals surface area contributed by atoms with Gasteiger partial charge in [-0.2, -0.15) is 5.10 Å². The van der Waals surface area contributed by atoms with Gasteiger partial charge in [0.05, 0.1) is 11.4 Å². The molecule has 0 radical (unpaired) electrons. The van der Waals surface area contributed by atoms with E-state index in [1.54, 1.807) is 32.2 Å². The summed E-state index contributed by atoms with van der Waals surface area (Å²) in [6.45, 7) is 1.72. The monoisotopic (exact) mass is 273 g/mol. The van der Waals surface area contributed by atoms with E-state index in [9.17, 15) is 9.59 Å². The van der Waals surface area contributed by atoms with E-state index in [4.69, 9.17) is 11.5 Å². The van der Waals surface area contributed by atoms with Crippen LogP contribution in [0.1, 0.15) is 26.5 Å². The minimum atomic E-state index is -0.558. The summed E-state index contributed by atoms with van der Waals surface area (Å²) in [5.41, 5.74) is 13.0. The van der Waals surface area contributed by atoms with E-state index < -0.39 is 11.8 Å². The number of nitrogens with two attached hydrogens (primary N) is 2. The Kier molecular flexibility index (Phi) is 3.43. The summed E-state index contributed by atoms with van der Waals surface area (Å²) >= 11 is 0. The number of carbonyl (C=O) groups excluding carboxylic acids is 2. The van der Waals surface area contributed by atoms with Crippen LogP contribution in [0.3, 0.4) is 0 Å². The summed E-state index contributed by atoms with van der Waals surface area (Å²) in [6, 6.07) is 6.36. The van der Waals surface area contributed by atoms with Crippen molar-refractivity contribution in [2.45, 2.75) is 6.92 Å². The van der Waals surface area contributed by atoms with Gasteiger partial charge in [-0.05, 0) is 25.1 Å². The van der Waals surface area contributed by atoms with Crippen LogP contribution in [0.2, 0.25) is 0 Å². The summed E-state index contributed by atoms with van der Waals surface area (Å²) in [4.78, 5) is 23.3. The molecular weight excluding hydrogens is 258 g/mol. The summed E-state index contributed by atoms with van der Waals surface area (Å²) < 4.78 is 1.41. The van der Waals surface area contributed by atoms with E-state index in [1.165, 1.54) is 10.7 Å². The minimum absolute atomic E-state index is 0.270. The SMILES string of the molecule is Cc1nn(C)c(C(=O)Nc2cccc(C(N)=O)c2)c1N. The molecule has 2 aromatic rings. The van der Waals surface area contributed by atoms with E-state index in [2.05, 4.69) is 10.4 Å². The second-order valence-electron chi connectivity index (χ2n) is 4.37. The van der Waals surface area contributed by atoms with E-state index in [0.29, 0.717) is 22.6 Å². The highest BCUT2D eigenvalue weighted by Gasteiger charge is 2.18. The first kappa shape index (κ1) is 13.6. The molecule has 1 heterocycles. The smallest absolute Gasteiger partial charge is 0.276 e. The molecule has 1 aromatic carbocycles. The Morgan fingerprint density at radius 2 is 2.05 bits per heavy atom. The summed E-state index contributed by atoms with van der Waals surface area (Å²) in [5.74, 6) is -0.954. The van der Waals surface area contributed by atoms with E-state index in [-0.39, 0.29) is 5.69 Å². The summed E-state index contributed by atoms with van der Waals surface area (Å²) in [5, 5.41) is 6.74. The number of amides is 2. The van der Waals surface area contributed by atoms with Gasteiger partial charge in [-0.1, -0.05) is 6.07 Å². The molecule has 1 aromatic heterocycles. The van der Waals surface area contributed by atoms with Crippen LogP contribution in [0.15, 0.2) is 24.3 Å². The lowest BCUT2D eigenvalue weighted by molar-refractivity contribution is 0.0994. The van der Waals surface area contributed by atoms with Crippen molar-refractivity contribution >= 4 is 23.2 Å². The molecule has 5 N–H and O–H groups in total. The molecule has 7 heteroatoms. The van der Waals surface area contributed by atoms with Crippen LogP contribution in [0.5, 0.6) is 0 Å². The summed E-state index contributed by atoms with van der Waals surface area (Å²) in [6.07, 6.45) is 0. The number of nitrogens with one attached hydrogen (secondary N) is 1. The molecule has 104 valence electrons. The molecule has 0 spiro atoms. The van der Waals surface area contributed by atoms with Crippen molar-refractivity contribution in [3.05, 3.63) is 41.2 Å². The van der Waals surface area contributed by atoms with Crippen LogP contribution in [0.25, 0.3) is 0 Å². The standard InChI is InChI=1S/C13H15N5O2/c1-7-10(14)11(18(2)17-7)13(20)16-9-5-3-4-8(6-9)12(15)19/h3-6H,14H2,1-2H3,(H2,15,19)(H,16,20). The largest absolute Gasteiger partial charge is 0.395 e. The van der Waals surface area contributed by atoms with Gasteiger partial charge in [0.1, 0.15) is 5.69 Å². The lowest BCUT2D eigenvalue weighted by Gasteiger charge is -2.07. The van der Waals surface area contributed by atoms with E-state index in [1.807, 2.05) is 0 Å². The number of aromatic nitrogens is 2. The number of anilines is 2. The third-order valence-electron chi connectivity index (χ3n) is 2.89. The highest BCUT2D eigenvalue weighted by atomic mass is 16.2. The maximum absolute atomic E-state index is 12.2. The van der Waals surface area contributed by atoms with Crippen LogP contribution in [0.4, 0.5) is 11.4 Å². The molecular formula is C13H15N5O2. The third kappa shape index (κ3) is 2.46. The van der Waals surface area contributed by atoms with Crippen molar-refractivity contribution in [3.8, 4) is 0 Å². The molecule has 0 bridgehead atoms. The van der Waals surface area contributed by atoms with Crippen molar-refractivity contribution < 1.29 is 9.59 Å². The zero-order valence-electron chi connectivity index (χ0n) is 11.2. The Hall–Kier alpha value is -2.83. The van der Waals surface area contributed by atoms with Crippen LogP contribution in [0, 0.1) is 6.92 Å². The van der Waals surface area contributed by atoms with Gasteiger partial charge in [-0.25, -0.2) is 0 Å². The van der Waals surface area contributed by atoms with E-state index >= 15 is 0 Å². The number of hydrogen-bond donors (Lipinski definition) is 3. The number of primary amides is 1. The normalized spacial score (nSPS) is 10.3. The molecule has 0 atom stereocenters. The Labute approximate surface area is 115 Å². The Morgan fingerprint density at radius 1 is 1.35 bits per heavy atom. The highest BCUT2D eigenvalue weighted by Crippen LogP contribution is 2.18. The maximum Gasteiger partial charge on any atom is 0.276 e. The van der Waals surface area contributed by atoms with Gasteiger partial charge >= 0.3 is 0 Å².